The molecule has 0 aliphatic rings. The molecule has 0 spiro atoms. The van der Waals surface area contributed by atoms with E-state index in [0.717, 1.165) is 17.1 Å². The second kappa shape index (κ2) is 6.04. The third-order valence-corrected chi connectivity index (χ3v) is 3.50. The van der Waals surface area contributed by atoms with Crippen LogP contribution in [0.3, 0.4) is 0 Å². The molecule has 1 N–H and O–H groups in total. The fourth-order valence-electron chi connectivity index (χ4n) is 1.85. The Balaban J connectivity index is 1.69. The Kier molecular flexibility index (Phi) is 3.96. The molecule has 0 atom stereocenters. The number of para-hydroxylation sites is 1. The van der Waals surface area contributed by atoms with Gasteiger partial charge < -0.3 is 5.32 Å². The normalized spacial score (nSPS) is 10.4. The highest BCUT2D eigenvalue weighted by Gasteiger charge is 2.02. The van der Waals surface area contributed by atoms with Crippen molar-refractivity contribution in [2.45, 2.75) is 6.54 Å². The van der Waals surface area contributed by atoms with E-state index in [4.69, 9.17) is 0 Å². The van der Waals surface area contributed by atoms with Gasteiger partial charge >= 0.3 is 0 Å². The molecule has 0 fully saturated rings. The largest absolute Gasteiger partial charge is 0.379 e. The predicted octanol–water partition coefficient (Wildman–Crippen LogP) is 3.48. The number of benzene rings is 2. The van der Waals surface area contributed by atoms with Crippen LogP contribution in [-0.2, 0) is 6.54 Å². The number of rotatable bonds is 4. The number of anilines is 1. The zero-order chi connectivity index (χ0) is 13.8. The van der Waals surface area contributed by atoms with Crippen molar-refractivity contribution in [2.75, 3.05) is 5.32 Å². The molecule has 4 nitrogen and oxygen atoms in total. The zero-order valence-electron chi connectivity index (χ0n) is 10.7. The van der Waals surface area contributed by atoms with Crippen LogP contribution in [-0.4, -0.2) is 15.0 Å². The van der Waals surface area contributed by atoms with Crippen LogP contribution < -0.4 is 5.32 Å². The number of nitrogens with zero attached hydrogens (tertiary/aromatic N) is 3. The molecule has 100 valence electrons. The van der Waals surface area contributed by atoms with Gasteiger partial charge in [0.1, 0.15) is 5.69 Å². The fourth-order valence-corrected chi connectivity index (χ4v) is 2.40. The lowest BCUT2D eigenvalue weighted by atomic mass is 10.3. The molecule has 0 saturated heterocycles. The number of halogens is 1. The van der Waals surface area contributed by atoms with Gasteiger partial charge in [-0.25, -0.2) is 0 Å². The van der Waals surface area contributed by atoms with Crippen LogP contribution in [0.1, 0.15) is 5.69 Å². The monoisotopic (exact) mass is 376 g/mol. The number of hydrogen-bond acceptors (Lipinski definition) is 3. The van der Waals surface area contributed by atoms with Crippen LogP contribution >= 0.6 is 22.6 Å². The second-order valence-corrected chi connectivity index (χ2v) is 5.57. The summed E-state index contributed by atoms with van der Waals surface area (Å²) in [5, 5.41) is 12.1. The Labute approximate surface area is 131 Å². The molecule has 0 unspecified atom stereocenters. The molecule has 0 aliphatic carbocycles. The lowest BCUT2D eigenvalue weighted by Gasteiger charge is -2.04. The number of aromatic nitrogens is 3. The van der Waals surface area contributed by atoms with Crippen molar-refractivity contribution >= 4 is 28.3 Å². The number of nitrogens with one attached hydrogen (secondary N) is 1. The zero-order valence-corrected chi connectivity index (χ0v) is 12.9. The molecular formula is C15H13IN4. The van der Waals surface area contributed by atoms with E-state index in [9.17, 15) is 0 Å². The summed E-state index contributed by atoms with van der Waals surface area (Å²) in [5.74, 6) is 0. The summed E-state index contributed by atoms with van der Waals surface area (Å²) >= 11 is 2.30. The van der Waals surface area contributed by atoms with Crippen LogP contribution in [0.5, 0.6) is 0 Å². The number of hydrogen-bond donors (Lipinski definition) is 1. The van der Waals surface area contributed by atoms with E-state index in [-0.39, 0.29) is 0 Å². The van der Waals surface area contributed by atoms with Crippen molar-refractivity contribution in [3.8, 4) is 5.69 Å². The lowest BCUT2D eigenvalue weighted by molar-refractivity contribution is 0.740. The molecule has 1 aromatic heterocycles. The van der Waals surface area contributed by atoms with Crippen LogP contribution in [0.25, 0.3) is 5.69 Å². The first-order chi connectivity index (χ1) is 9.81. The molecular weight excluding hydrogens is 363 g/mol. The Bertz CT molecular complexity index is 694. The van der Waals surface area contributed by atoms with Crippen LogP contribution in [0.15, 0.2) is 60.8 Å². The summed E-state index contributed by atoms with van der Waals surface area (Å²) in [4.78, 5) is 1.64. The Morgan fingerprint density at radius 3 is 2.70 bits per heavy atom. The quantitative estimate of drug-likeness (QED) is 0.709. The van der Waals surface area contributed by atoms with Crippen molar-refractivity contribution in [2.24, 2.45) is 0 Å². The molecule has 20 heavy (non-hydrogen) atoms. The average Bonchev–Trinajstić information content (AvgIpc) is 2.95. The van der Waals surface area contributed by atoms with E-state index in [1.807, 2.05) is 42.5 Å². The topological polar surface area (TPSA) is 42.7 Å². The minimum Gasteiger partial charge on any atom is -0.379 e. The summed E-state index contributed by atoms with van der Waals surface area (Å²) in [5.41, 5.74) is 2.96. The van der Waals surface area contributed by atoms with Crippen LogP contribution in [0, 0.1) is 3.57 Å². The van der Waals surface area contributed by atoms with Gasteiger partial charge in [-0.15, -0.1) is 0 Å². The molecule has 0 aliphatic heterocycles. The lowest BCUT2D eigenvalue weighted by Crippen LogP contribution is -2.02. The van der Waals surface area contributed by atoms with Crippen molar-refractivity contribution in [1.29, 1.82) is 0 Å². The van der Waals surface area contributed by atoms with E-state index in [1.165, 1.54) is 3.57 Å². The molecule has 5 heteroatoms. The Morgan fingerprint density at radius 1 is 1.05 bits per heavy atom. The van der Waals surface area contributed by atoms with Gasteiger partial charge in [0, 0.05) is 9.26 Å². The third-order valence-electron chi connectivity index (χ3n) is 2.82. The smallest absolute Gasteiger partial charge is 0.102 e. The summed E-state index contributed by atoms with van der Waals surface area (Å²) in [7, 11) is 0. The van der Waals surface area contributed by atoms with Gasteiger partial charge in [0.05, 0.1) is 18.4 Å². The highest BCUT2D eigenvalue weighted by molar-refractivity contribution is 14.1. The van der Waals surface area contributed by atoms with Gasteiger partial charge in [-0.2, -0.15) is 15.0 Å². The van der Waals surface area contributed by atoms with Crippen molar-refractivity contribution in [3.63, 3.8) is 0 Å². The van der Waals surface area contributed by atoms with Crippen LogP contribution in [0.4, 0.5) is 5.69 Å². The molecule has 3 rings (SSSR count). The molecule has 0 saturated carbocycles. The highest BCUT2D eigenvalue weighted by atomic mass is 127. The molecule has 3 aromatic rings. The SMILES string of the molecule is Ic1cccc(NCc2cnn(-c3ccccc3)n2)c1. The van der Waals surface area contributed by atoms with Gasteiger partial charge in [-0.1, -0.05) is 24.3 Å². The van der Waals surface area contributed by atoms with E-state index in [0.29, 0.717) is 6.54 Å². The molecule has 0 radical (unpaired) electrons. The Morgan fingerprint density at radius 2 is 1.90 bits per heavy atom. The first-order valence-corrected chi connectivity index (χ1v) is 7.35. The molecule has 0 bridgehead atoms. The van der Waals surface area contributed by atoms with E-state index < -0.39 is 0 Å². The molecule has 1 heterocycles. The highest BCUT2D eigenvalue weighted by Crippen LogP contribution is 2.13. The average molecular weight is 376 g/mol. The van der Waals surface area contributed by atoms with Gasteiger partial charge in [0.15, 0.2) is 0 Å². The van der Waals surface area contributed by atoms with Gasteiger partial charge in [0.2, 0.25) is 0 Å². The van der Waals surface area contributed by atoms with E-state index in [2.05, 4.69) is 50.2 Å². The molecule has 0 amide bonds. The first-order valence-electron chi connectivity index (χ1n) is 6.27. The maximum absolute atomic E-state index is 4.46. The minimum atomic E-state index is 0.660. The standard InChI is InChI=1S/C15H13IN4/c16-12-5-4-6-13(9-12)17-10-14-11-18-20(19-14)15-7-2-1-3-8-15/h1-9,11,17H,10H2. The van der Waals surface area contributed by atoms with Crippen molar-refractivity contribution in [3.05, 3.63) is 70.1 Å². The third kappa shape index (κ3) is 3.16. The molecule has 2 aromatic carbocycles. The second-order valence-electron chi connectivity index (χ2n) is 4.32. The van der Waals surface area contributed by atoms with Crippen LogP contribution in [0.2, 0.25) is 0 Å². The summed E-state index contributed by atoms with van der Waals surface area (Å²) in [6.45, 7) is 0.660. The van der Waals surface area contributed by atoms with E-state index >= 15 is 0 Å². The van der Waals surface area contributed by atoms with E-state index in [1.54, 1.807) is 11.0 Å². The maximum Gasteiger partial charge on any atom is 0.102 e. The first kappa shape index (κ1) is 13.1. The summed E-state index contributed by atoms with van der Waals surface area (Å²) in [6, 6.07) is 18.1. The Hall–Kier alpha value is -1.89. The van der Waals surface area contributed by atoms with Gasteiger partial charge in [-0.05, 0) is 52.9 Å². The minimum absolute atomic E-state index is 0.660. The predicted molar refractivity (Wildman–Crippen MR) is 87.8 cm³/mol. The van der Waals surface area contributed by atoms with Gasteiger partial charge in [-0.3, -0.25) is 0 Å². The van der Waals surface area contributed by atoms with Gasteiger partial charge in [0.25, 0.3) is 0 Å². The summed E-state index contributed by atoms with van der Waals surface area (Å²) < 4.78 is 1.21. The van der Waals surface area contributed by atoms with Crippen molar-refractivity contribution in [1.82, 2.24) is 15.0 Å². The maximum atomic E-state index is 4.46. The summed E-state index contributed by atoms with van der Waals surface area (Å²) in [6.07, 6.45) is 1.79. The fraction of sp³-hybridized carbons (Fsp3) is 0.0667. The van der Waals surface area contributed by atoms with Crippen molar-refractivity contribution < 1.29 is 0 Å².